The first-order valence-electron chi connectivity index (χ1n) is 2.75. The molecule has 52 valence electrons. The van der Waals surface area contributed by atoms with Gasteiger partial charge in [0.05, 0.1) is 15.5 Å². The normalized spacial score (nSPS) is 12.4. The van der Waals surface area contributed by atoms with Gasteiger partial charge in [-0.25, -0.2) is 4.21 Å². The highest BCUT2D eigenvalue weighted by Gasteiger charge is 1.94. The average Bonchev–Trinajstić information content (AvgIpc) is 2.05. The maximum Gasteiger partial charge on any atom is 0.0885 e. The van der Waals surface area contributed by atoms with Gasteiger partial charge in [0.25, 0.3) is 0 Å². The zero-order valence-corrected chi connectivity index (χ0v) is 6.82. The Morgan fingerprint density at radius 2 is 1.90 bits per heavy atom. The SMILES string of the molecule is O=S(C=S)c1ccccc1. The minimum absolute atomic E-state index is 0.762. The molecular weight excluding hydrogens is 164 g/mol. The second-order valence-electron chi connectivity index (χ2n) is 1.71. The molecule has 1 unspecified atom stereocenters. The molecule has 0 aliphatic carbocycles. The molecule has 0 N–H and O–H groups in total. The number of thiocarbonyl (C=S) groups is 1. The van der Waals surface area contributed by atoms with Crippen molar-refractivity contribution in [3.8, 4) is 0 Å². The molecule has 0 spiro atoms. The Balaban J connectivity index is 2.95. The Bertz CT molecular complexity index is 243. The minimum Gasteiger partial charge on any atom is -0.249 e. The lowest BCUT2D eigenvalue weighted by Crippen LogP contribution is -1.87. The van der Waals surface area contributed by atoms with E-state index in [1.54, 1.807) is 12.1 Å². The lowest BCUT2D eigenvalue weighted by Gasteiger charge is -1.91. The van der Waals surface area contributed by atoms with Crippen LogP contribution in [0.5, 0.6) is 0 Å². The fraction of sp³-hybridized carbons (Fsp3) is 0. The van der Waals surface area contributed by atoms with Crippen molar-refractivity contribution in [3.63, 3.8) is 0 Å². The average molecular weight is 170 g/mol. The molecule has 0 fully saturated rings. The summed E-state index contributed by atoms with van der Waals surface area (Å²) in [5.74, 6) is 0. The molecule has 0 aliphatic rings. The monoisotopic (exact) mass is 170 g/mol. The predicted octanol–water partition coefficient (Wildman–Crippen LogP) is 1.75. The Morgan fingerprint density at radius 1 is 1.30 bits per heavy atom. The summed E-state index contributed by atoms with van der Waals surface area (Å²) in [6, 6.07) is 9.14. The maximum atomic E-state index is 11.0. The van der Waals surface area contributed by atoms with E-state index in [2.05, 4.69) is 12.2 Å². The Hall–Kier alpha value is -0.540. The van der Waals surface area contributed by atoms with E-state index in [9.17, 15) is 4.21 Å². The molecule has 10 heavy (non-hydrogen) atoms. The van der Waals surface area contributed by atoms with Gasteiger partial charge in [-0.3, -0.25) is 0 Å². The largest absolute Gasteiger partial charge is 0.249 e. The van der Waals surface area contributed by atoms with Crippen molar-refractivity contribution in [1.29, 1.82) is 0 Å². The molecule has 0 heterocycles. The predicted molar refractivity (Wildman–Crippen MR) is 46.5 cm³/mol. The highest BCUT2D eigenvalue weighted by Crippen LogP contribution is 2.02. The summed E-state index contributed by atoms with van der Waals surface area (Å²) in [6.07, 6.45) is 0. The molecule has 0 aromatic heterocycles. The van der Waals surface area contributed by atoms with Gasteiger partial charge in [0.15, 0.2) is 0 Å². The first-order valence-corrected chi connectivity index (χ1v) is 4.44. The van der Waals surface area contributed by atoms with E-state index in [1.165, 1.54) is 4.70 Å². The highest BCUT2D eigenvalue weighted by molar-refractivity contribution is 8.10. The van der Waals surface area contributed by atoms with Crippen molar-refractivity contribution in [2.45, 2.75) is 4.90 Å². The van der Waals surface area contributed by atoms with Crippen molar-refractivity contribution < 1.29 is 4.21 Å². The minimum atomic E-state index is -1.10. The molecule has 1 aromatic rings. The molecular formula is C7H6OS2. The molecule has 1 aromatic carbocycles. The number of hydrogen-bond donors (Lipinski definition) is 0. The zero-order chi connectivity index (χ0) is 7.40. The first kappa shape index (κ1) is 7.57. The molecule has 1 nitrogen and oxygen atoms in total. The van der Waals surface area contributed by atoms with Gasteiger partial charge in [-0.05, 0) is 12.1 Å². The van der Waals surface area contributed by atoms with Crippen LogP contribution >= 0.6 is 12.2 Å². The van der Waals surface area contributed by atoms with Crippen LogP contribution in [-0.2, 0) is 10.8 Å². The zero-order valence-electron chi connectivity index (χ0n) is 5.19. The quantitative estimate of drug-likeness (QED) is 0.629. The first-order chi connectivity index (χ1) is 4.84. The van der Waals surface area contributed by atoms with Gasteiger partial charge < -0.3 is 0 Å². The second kappa shape index (κ2) is 3.58. The van der Waals surface area contributed by atoms with E-state index >= 15 is 0 Å². The van der Waals surface area contributed by atoms with Gasteiger partial charge in [0.2, 0.25) is 0 Å². The summed E-state index contributed by atoms with van der Waals surface area (Å²) in [5, 5.41) is 0. The Kier molecular flexibility index (Phi) is 2.71. The van der Waals surface area contributed by atoms with E-state index in [-0.39, 0.29) is 0 Å². The summed E-state index contributed by atoms with van der Waals surface area (Å²) >= 11 is 4.53. The molecule has 0 amide bonds. The van der Waals surface area contributed by atoms with Crippen LogP contribution in [0.1, 0.15) is 0 Å². The molecule has 0 saturated heterocycles. The topological polar surface area (TPSA) is 17.1 Å². The van der Waals surface area contributed by atoms with Crippen LogP contribution in [0, 0.1) is 0 Å². The lowest BCUT2D eigenvalue weighted by atomic mass is 10.4. The Labute approximate surface area is 67.5 Å². The molecule has 0 saturated carbocycles. The maximum absolute atomic E-state index is 11.0. The van der Waals surface area contributed by atoms with Gasteiger partial charge in [0, 0.05) is 4.90 Å². The summed E-state index contributed by atoms with van der Waals surface area (Å²) in [7, 11) is -1.10. The van der Waals surface area contributed by atoms with Crippen LogP contribution in [0.15, 0.2) is 35.2 Å². The van der Waals surface area contributed by atoms with Crippen molar-refractivity contribution in [2.75, 3.05) is 0 Å². The van der Waals surface area contributed by atoms with Crippen molar-refractivity contribution in [2.24, 2.45) is 0 Å². The summed E-state index contributed by atoms with van der Waals surface area (Å²) < 4.78 is 12.2. The highest BCUT2D eigenvalue weighted by atomic mass is 32.2. The molecule has 3 heteroatoms. The van der Waals surface area contributed by atoms with Gasteiger partial charge >= 0.3 is 0 Å². The smallest absolute Gasteiger partial charge is 0.0885 e. The third kappa shape index (κ3) is 1.72. The van der Waals surface area contributed by atoms with E-state index in [1.807, 2.05) is 18.2 Å². The summed E-state index contributed by atoms with van der Waals surface area (Å²) in [5.41, 5.74) is 0. The van der Waals surface area contributed by atoms with Crippen LogP contribution in [0.4, 0.5) is 0 Å². The lowest BCUT2D eigenvalue weighted by molar-refractivity contribution is 0.690. The molecule has 0 radical (unpaired) electrons. The van der Waals surface area contributed by atoms with Gasteiger partial charge in [-0.2, -0.15) is 0 Å². The van der Waals surface area contributed by atoms with Crippen LogP contribution in [-0.4, -0.2) is 8.91 Å². The van der Waals surface area contributed by atoms with E-state index in [0.29, 0.717) is 0 Å². The number of hydrogen-bond acceptors (Lipinski definition) is 2. The molecule has 0 bridgehead atoms. The summed E-state index contributed by atoms with van der Waals surface area (Å²) in [4.78, 5) is 0.762. The van der Waals surface area contributed by atoms with Crippen molar-refractivity contribution in [1.82, 2.24) is 0 Å². The summed E-state index contributed by atoms with van der Waals surface area (Å²) in [6.45, 7) is 0. The van der Waals surface area contributed by atoms with E-state index in [0.717, 1.165) is 4.90 Å². The molecule has 0 aliphatic heterocycles. The third-order valence-electron chi connectivity index (χ3n) is 1.06. The fourth-order valence-corrected chi connectivity index (χ4v) is 1.48. The van der Waals surface area contributed by atoms with Crippen LogP contribution in [0.25, 0.3) is 0 Å². The van der Waals surface area contributed by atoms with Gasteiger partial charge in [0.1, 0.15) is 0 Å². The second-order valence-corrected chi connectivity index (χ2v) is 3.54. The van der Waals surface area contributed by atoms with Crippen LogP contribution in [0.2, 0.25) is 0 Å². The number of benzene rings is 1. The standard InChI is InChI=1S/C7H6OS2/c8-10(6-9)7-4-2-1-3-5-7/h1-6H. The van der Waals surface area contributed by atoms with E-state index in [4.69, 9.17) is 0 Å². The third-order valence-corrected chi connectivity index (χ3v) is 2.50. The number of rotatable bonds is 2. The van der Waals surface area contributed by atoms with Crippen LogP contribution in [0.3, 0.4) is 0 Å². The molecule has 1 atom stereocenters. The fourth-order valence-electron chi connectivity index (χ4n) is 0.610. The van der Waals surface area contributed by atoms with Gasteiger partial charge in [-0.1, -0.05) is 30.4 Å². The van der Waals surface area contributed by atoms with Crippen molar-refractivity contribution in [3.05, 3.63) is 30.3 Å². The van der Waals surface area contributed by atoms with E-state index < -0.39 is 10.8 Å². The van der Waals surface area contributed by atoms with Crippen molar-refractivity contribution >= 4 is 27.7 Å². The Morgan fingerprint density at radius 3 is 2.40 bits per heavy atom. The molecule has 1 rings (SSSR count). The van der Waals surface area contributed by atoms with Gasteiger partial charge in [-0.15, -0.1) is 0 Å². The van der Waals surface area contributed by atoms with Crippen LogP contribution < -0.4 is 0 Å².